The smallest absolute Gasteiger partial charge is 0.243 e. The first-order valence-electron chi connectivity index (χ1n) is 6.21. The van der Waals surface area contributed by atoms with Crippen molar-refractivity contribution in [2.45, 2.75) is 31.3 Å². The second-order valence-electron chi connectivity index (χ2n) is 4.81. The largest absolute Gasteiger partial charge is 0.393 e. The number of benzene rings is 1. The van der Waals surface area contributed by atoms with Crippen LogP contribution in [0.15, 0.2) is 23.1 Å². The van der Waals surface area contributed by atoms with Gasteiger partial charge < -0.3 is 10.8 Å². The minimum absolute atomic E-state index is 0.160. The molecule has 0 saturated heterocycles. The molecule has 0 aliphatic heterocycles. The molecule has 1 aromatic carbocycles. The number of aliphatic hydroxyl groups is 1. The highest BCUT2D eigenvalue weighted by atomic mass is 32.2. The molecule has 0 fully saturated rings. The van der Waals surface area contributed by atoms with E-state index in [4.69, 9.17) is 18.0 Å². The Labute approximate surface area is 125 Å². The molecule has 0 amide bonds. The van der Waals surface area contributed by atoms with Crippen LogP contribution in [0.25, 0.3) is 0 Å². The molecule has 5 nitrogen and oxygen atoms in total. The van der Waals surface area contributed by atoms with E-state index in [9.17, 15) is 13.5 Å². The van der Waals surface area contributed by atoms with Crippen LogP contribution in [-0.2, 0) is 10.0 Å². The van der Waals surface area contributed by atoms with E-state index in [1.807, 2.05) is 0 Å². The van der Waals surface area contributed by atoms with Crippen LogP contribution >= 0.6 is 12.2 Å². The minimum atomic E-state index is -3.61. The van der Waals surface area contributed by atoms with Crippen molar-refractivity contribution in [3.63, 3.8) is 0 Å². The van der Waals surface area contributed by atoms with Crippen LogP contribution < -0.4 is 5.73 Å². The summed E-state index contributed by atoms with van der Waals surface area (Å²) in [7, 11) is -2.12. The summed E-state index contributed by atoms with van der Waals surface area (Å²) < 4.78 is 26.2. The van der Waals surface area contributed by atoms with Gasteiger partial charge >= 0.3 is 0 Å². The van der Waals surface area contributed by atoms with Gasteiger partial charge in [0.1, 0.15) is 4.99 Å². The Balaban J connectivity index is 3.14. The van der Waals surface area contributed by atoms with Crippen LogP contribution in [0.1, 0.15) is 24.5 Å². The first-order chi connectivity index (χ1) is 9.16. The quantitative estimate of drug-likeness (QED) is 0.766. The van der Waals surface area contributed by atoms with Crippen LogP contribution in [0.3, 0.4) is 0 Å². The summed E-state index contributed by atoms with van der Waals surface area (Å²) in [6, 6.07) is 4.88. The van der Waals surface area contributed by atoms with Crippen molar-refractivity contribution in [2.75, 3.05) is 13.6 Å². The van der Waals surface area contributed by atoms with Crippen LogP contribution in [0, 0.1) is 6.92 Å². The Morgan fingerprint density at radius 3 is 2.60 bits per heavy atom. The molecule has 112 valence electrons. The molecule has 20 heavy (non-hydrogen) atoms. The molecule has 0 aromatic heterocycles. The fraction of sp³-hybridized carbons (Fsp3) is 0.462. The van der Waals surface area contributed by atoms with Gasteiger partial charge in [-0.05, 0) is 31.9 Å². The van der Waals surface area contributed by atoms with Crippen LogP contribution in [0.4, 0.5) is 0 Å². The van der Waals surface area contributed by atoms with E-state index in [2.05, 4.69) is 0 Å². The van der Waals surface area contributed by atoms with E-state index in [1.165, 1.54) is 17.4 Å². The first kappa shape index (κ1) is 17.0. The van der Waals surface area contributed by atoms with Gasteiger partial charge in [-0.25, -0.2) is 12.7 Å². The second-order valence-corrected chi connectivity index (χ2v) is 7.26. The van der Waals surface area contributed by atoms with Gasteiger partial charge in [-0.3, -0.25) is 0 Å². The number of nitrogens with zero attached hydrogens (tertiary/aromatic N) is 1. The zero-order valence-electron chi connectivity index (χ0n) is 11.8. The van der Waals surface area contributed by atoms with Crippen LogP contribution in [0.2, 0.25) is 0 Å². The summed E-state index contributed by atoms with van der Waals surface area (Å²) in [5, 5.41) is 9.25. The van der Waals surface area contributed by atoms with Crippen molar-refractivity contribution in [1.82, 2.24) is 4.31 Å². The maximum Gasteiger partial charge on any atom is 0.243 e. The number of rotatable bonds is 6. The van der Waals surface area contributed by atoms with Gasteiger partial charge in [0, 0.05) is 19.2 Å². The molecule has 0 saturated carbocycles. The van der Waals surface area contributed by atoms with Gasteiger partial charge in [0.2, 0.25) is 10.0 Å². The van der Waals surface area contributed by atoms with E-state index in [-0.39, 0.29) is 16.4 Å². The molecule has 0 radical (unpaired) electrons. The Bertz CT molecular complexity index is 598. The van der Waals surface area contributed by atoms with E-state index in [1.54, 1.807) is 26.0 Å². The summed E-state index contributed by atoms with van der Waals surface area (Å²) >= 11 is 4.88. The fourth-order valence-corrected chi connectivity index (χ4v) is 3.25. The Morgan fingerprint density at radius 2 is 2.10 bits per heavy atom. The van der Waals surface area contributed by atoms with Gasteiger partial charge in [0.05, 0.1) is 11.0 Å². The van der Waals surface area contributed by atoms with Gasteiger partial charge in [0.25, 0.3) is 0 Å². The van der Waals surface area contributed by atoms with Crippen molar-refractivity contribution in [1.29, 1.82) is 0 Å². The Morgan fingerprint density at radius 1 is 1.50 bits per heavy atom. The molecule has 1 unspecified atom stereocenters. The lowest BCUT2D eigenvalue weighted by atomic mass is 10.1. The third-order valence-corrected chi connectivity index (χ3v) is 5.26. The van der Waals surface area contributed by atoms with E-state index >= 15 is 0 Å². The Kier molecular flexibility index (Phi) is 5.64. The number of hydrogen-bond acceptors (Lipinski definition) is 4. The predicted molar refractivity (Wildman–Crippen MR) is 83.2 cm³/mol. The summed E-state index contributed by atoms with van der Waals surface area (Å²) in [5.74, 6) is 0. The van der Waals surface area contributed by atoms with Crippen molar-refractivity contribution >= 4 is 27.2 Å². The lowest BCUT2D eigenvalue weighted by Gasteiger charge is -2.19. The Hall–Kier alpha value is -1.02. The third kappa shape index (κ3) is 3.99. The molecule has 0 bridgehead atoms. The topological polar surface area (TPSA) is 83.6 Å². The van der Waals surface area contributed by atoms with Crippen molar-refractivity contribution < 1.29 is 13.5 Å². The summed E-state index contributed by atoms with van der Waals surface area (Å²) in [6.45, 7) is 3.59. The molecule has 0 aliphatic rings. The van der Waals surface area contributed by atoms with Crippen LogP contribution in [-0.4, -0.2) is 42.5 Å². The molecule has 0 heterocycles. The molecule has 0 spiro atoms. The predicted octanol–water partition coefficient (Wildman–Crippen LogP) is 1.02. The number of thiocarbonyl (C=S) groups is 1. The molecule has 3 N–H and O–H groups in total. The van der Waals surface area contributed by atoms with E-state index in [0.717, 1.165) is 0 Å². The number of sulfonamides is 1. The second kappa shape index (κ2) is 6.62. The normalized spacial score (nSPS) is 13.4. The SMILES string of the molecule is Cc1ccc(C(N)=S)cc1S(=O)(=O)N(C)CCC(C)O. The van der Waals surface area contributed by atoms with Crippen LogP contribution in [0.5, 0.6) is 0 Å². The number of nitrogens with two attached hydrogens (primary N) is 1. The van der Waals surface area contributed by atoms with Crippen molar-refractivity contribution in [3.05, 3.63) is 29.3 Å². The summed E-state index contributed by atoms with van der Waals surface area (Å²) in [5.41, 5.74) is 6.70. The monoisotopic (exact) mass is 316 g/mol. The average Bonchev–Trinajstić information content (AvgIpc) is 2.35. The van der Waals surface area contributed by atoms with E-state index < -0.39 is 16.1 Å². The molecule has 1 aromatic rings. The van der Waals surface area contributed by atoms with Crippen molar-refractivity contribution in [3.8, 4) is 0 Å². The number of hydrogen-bond donors (Lipinski definition) is 2. The lowest BCUT2D eigenvalue weighted by molar-refractivity contribution is 0.177. The van der Waals surface area contributed by atoms with Gasteiger partial charge in [-0.15, -0.1) is 0 Å². The van der Waals surface area contributed by atoms with Gasteiger partial charge in [0.15, 0.2) is 0 Å². The third-order valence-electron chi connectivity index (χ3n) is 3.02. The number of aliphatic hydroxyl groups excluding tert-OH is 1. The lowest BCUT2D eigenvalue weighted by Crippen LogP contribution is -2.30. The zero-order chi connectivity index (χ0) is 15.5. The standard InChI is InChI=1S/C13H20N2O3S2/c1-9-4-5-11(13(14)19)8-12(9)20(17,18)15(3)7-6-10(2)16/h4-5,8,10,16H,6-7H2,1-3H3,(H2,14,19). The number of aryl methyl sites for hydroxylation is 1. The minimum Gasteiger partial charge on any atom is -0.393 e. The molecular formula is C13H20N2O3S2. The highest BCUT2D eigenvalue weighted by Crippen LogP contribution is 2.21. The highest BCUT2D eigenvalue weighted by molar-refractivity contribution is 7.89. The molecule has 0 aliphatic carbocycles. The van der Waals surface area contributed by atoms with E-state index in [0.29, 0.717) is 17.5 Å². The maximum atomic E-state index is 12.5. The fourth-order valence-electron chi connectivity index (χ4n) is 1.69. The highest BCUT2D eigenvalue weighted by Gasteiger charge is 2.23. The maximum absolute atomic E-state index is 12.5. The molecule has 7 heteroatoms. The summed E-state index contributed by atoms with van der Waals surface area (Å²) in [6.07, 6.45) is -0.166. The zero-order valence-corrected chi connectivity index (χ0v) is 13.5. The molecular weight excluding hydrogens is 296 g/mol. The summed E-state index contributed by atoms with van der Waals surface area (Å²) in [4.78, 5) is 0.351. The molecule has 1 rings (SSSR count). The van der Waals surface area contributed by atoms with Gasteiger partial charge in [-0.1, -0.05) is 24.4 Å². The molecule has 1 atom stereocenters. The first-order valence-corrected chi connectivity index (χ1v) is 8.06. The van der Waals surface area contributed by atoms with Gasteiger partial charge in [-0.2, -0.15) is 0 Å². The average molecular weight is 316 g/mol. The van der Waals surface area contributed by atoms with Crippen molar-refractivity contribution in [2.24, 2.45) is 5.73 Å².